The summed E-state index contributed by atoms with van der Waals surface area (Å²) in [7, 11) is 0. The summed E-state index contributed by atoms with van der Waals surface area (Å²) in [6.07, 6.45) is 2.09. The van der Waals surface area contributed by atoms with Gasteiger partial charge in [0.1, 0.15) is 0 Å². The minimum Gasteiger partial charge on any atom is -0.258 e. The van der Waals surface area contributed by atoms with E-state index in [0.29, 0.717) is 10.8 Å². The van der Waals surface area contributed by atoms with Crippen LogP contribution in [0.5, 0.6) is 0 Å². The minimum atomic E-state index is 0.305. The summed E-state index contributed by atoms with van der Waals surface area (Å²) < 4.78 is 0. The zero-order chi connectivity index (χ0) is 13.3. The molecular weight excluding hydrogens is 206 g/mol. The SMILES string of the molecule is Cc1cc(CC(C)(C)C)nc(CC(C)(C)C)c1. The molecule has 0 saturated heterocycles. The maximum absolute atomic E-state index is 4.80. The van der Waals surface area contributed by atoms with E-state index in [2.05, 4.69) is 60.6 Å². The lowest BCUT2D eigenvalue weighted by Gasteiger charge is -2.21. The molecule has 0 unspecified atom stereocenters. The molecule has 0 saturated carbocycles. The summed E-state index contributed by atoms with van der Waals surface area (Å²) in [4.78, 5) is 4.80. The van der Waals surface area contributed by atoms with Crippen LogP contribution in [0.4, 0.5) is 0 Å². The van der Waals surface area contributed by atoms with Crippen molar-refractivity contribution < 1.29 is 0 Å². The van der Waals surface area contributed by atoms with Crippen LogP contribution >= 0.6 is 0 Å². The first-order valence-corrected chi connectivity index (χ1v) is 6.52. The standard InChI is InChI=1S/C16H27N/c1-12-8-13(10-15(2,3)4)17-14(9-12)11-16(5,6)7/h8-9H,10-11H2,1-7H3. The predicted octanol–water partition coefficient (Wildman–Crippen LogP) is 4.57. The topological polar surface area (TPSA) is 12.9 Å². The Bertz CT molecular complexity index is 343. The Morgan fingerprint density at radius 3 is 1.47 bits per heavy atom. The Morgan fingerprint density at radius 2 is 1.18 bits per heavy atom. The highest BCUT2D eigenvalue weighted by molar-refractivity contribution is 5.21. The molecule has 0 aliphatic heterocycles. The molecule has 0 N–H and O–H groups in total. The highest BCUT2D eigenvalue weighted by Crippen LogP contribution is 2.23. The van der Waals surface area contributed by atoms with E-state index >= 15 is 0 Å². The van der Waals surface area contributed by atoms with Crippen molar-refractivity contribution in [2.45, 2.75) is 61.3 Å². The smallest absolute Gasteiger partial charge is 0.0414 e. The van der Waals surface area contributed by atoms with Crippen molar-refractivity contribution in [1.29, 1.82) is 0 Å². The van der Waals surface area contributed by atoms with E-state index in [1.807, 2.05) is 0 Å². The third-order valence-corrected chi connectivity index (χ3v) is 2.50. The van der Waals surface area contributed by atoms with E-state index in [1.165, 1.54) is 17.0 Å². The maximum atomic E-state index is 4.80. The Labute approximate surface area is 107 Å². The van der Waals surface area contributed by atoms with Gasteiger partial charge in [-0.15, -0.1) is 0 Å². The largest absolute Gasteiger partial charge is 0.258 e. The second-order valence-corrected chi connectivity index (χ2v) is 7.60. The number of rotatable bonds is 2. The third kappa shape index (κ3) is 5.86. The van der Waals surface area contributed by atoms with Crippen molar-refractivity contribution in [3.63, 3.8) is 0 Å². The molecule has 96 valence electrons. The lowest BCUT2D eigenvalue weighted by Crippen LogP contribution is -2.14. The van der Waals surface area contributed by atoms with Gasteiger partial charge in [-0.2, -0.15) is 0 Å². The first kappa shape index (κ1) is 14.2. The van der Waals surface area contributed by atoms with Gasteiger partial charge in [0.2, 0.25) is 0 Å². The molecule has 0 amide bonds. The molecule has 0 aromatic carbocycles. The molecule has 1 aromatic heterocycles. The zero-order valence-corrected chi connectivity index (χ0v) is 12.5. The number of aromatic nitrogens is 1. The van der Waals surface area contributed by atoms with E-state index in [0.717, 1.165) is 12.8 Å². The Kier molecular flexibility index (Phi) is 4.01. The van der Waals surface area contributed by atoms with Crippen LogP contribution in [0.2, 0.25) is 0 Å². The Morgan fingerprint density at radius 1 is 0.824 bits per heavy atom. The van der Waals surface area contributed by atoms with Crippen molar-refractivity contribution in [1.82, 2.24) is 4.98 Å². The molecule has 0 fully saturated rings. The van der Waals surface area contributed by atoms with Crippen molar-refractivity contribution >= 4 is 0 Å². The Hall–Kier alpha value is -0.850. The van der Waals surface area contributed by atoms with Crippen LogP contribution in [-0.4, -0.2) is 4.98 Å². The molecular formula is C16H27N. The summed E-state index contributed by atoms with van der Waals surface area (Å²) in [5.74, 6) is 0. The first-order valence-electron chi connectivity index (χ1n) is 6.52. The molecule has 0 bridgehead atoms. The number of hydrogen-bond donors (Lipinski definition) is 0. The second kappa shape index (κ2) is 4.80. The fourth-order valence-corrected chi connectivity index (χ4v) is 2.08. The van der Waals surface area contributed by atoms with Crippen molar-refractivity contribution in [2.75, 3.05) is 0 Å². The van der Waals surface area contributed by atoms with Crippen LogP contribution in [0.15, 0.2) is 12.1 Å². The van der Waals surface area contributed by atoms with Gasteiger partial charge >= 0.3 is 0 Å². The van der Waals surface area contributed by atoms with Crippen LogP contribution < -0.4 is 0 Å². The minimum absolute atomic E-state index is 0.305. The van der Waals surface area contributed by atoms with Gasteiger partial charge in [-0.25, -0.2) is 0 Å². The van der Waals surface area contributed by atoms with Gasteiger partial charge in [0, 0.05) is 11.4 Å². The lowest BCUT2D eigenvalue weighted by atomic mass is 9.88. The summed E-state index contributed by atoms with van der Waals surface area (Å²) in [5, 5.41) is 0. The average molecular weight is 233 g/mol. The first-order chi connectivity index (χ1) is 7.55. The average Bonchev–Trinajstić information content (AvgIpc) is 1.93. The molecule has 0 atom stereocenters. The molecule has 1 heterocycles. The fourth-order valence-electron chi connectivity index (χ4n) is 2.08. The van der Waals surface area contributed by atoms with Crippen LogP contribution in [0.1, 0.15) is 58.5 Å². The van der Waals surface area contributed by atoms with Crippen LogP contribution in [-0.2, 0) is 12.8 Å². The maximum Gasteiger partial charge on any atom is 0.0414 e. The number of nitrogens with zero attached hydrogens (tertiary/aromatic N) is 1. The van der Waals surface area contributed by atoms with E-state index in [4.69, 9.17) is 4.98 Å². The molecule has 1 rings (SSSR count). The van der Waals surface area contributed by atoms with E-state index in [1.54, 1.807) is 0 Å². The zero-order valence-electron chi connectivity index (χ0n) is 12.5. The van der Waals surface area contributed by atoms with Crippen LogP contribution in [0, 0.1) is 17.8 Å². The monoisotopic (exact) mass is 233 g/mol. The molecule has 0 aliphatic rings. The van der Waals surface area contributed by atoms with Crippen molar-refractivity contribution in [2.24, 2.45) is 10.8 Å². The predicted molar refractivity (Wildman–Crippen MR) is 75.3 cm³/mol. The quantitative estimate of drug-likeness (QED) is 0.729. The number of aryl methyl sites for hydroxylation is 1. The number of pyridine rings is 1. The van der Waals surface area contributed by atoms with Gasteiger partial charge in [0.15, 0.2) is 0 Å². The van der Waals surface area contributed by atoms with Gasteiger partial charge < -0.3 is 0 Å². The van der Waals surface area contributed by atoms with Crippen LogP contribution in [0.3, 0.4) is 0 Å². The molecule has 1 aromatic rings. The van der Waals surface area contributed by atoms with Gasteiger partial charge in [-0.3, -0.25) is 4.98 Å². The van der Waals surface area contributed by atoms with Crippen molar-refractivity contribution in [3.8, 4) is 0 Å². The van der Waals surface area contributed by atoms with E-state index in [9.17, 15) is 0 Å². The number of hydrogen-bond acceptors (Lipinski definition) is 1. The molecule has 0 aliphatic carbocycles. The van der Waals surface area contributed by atoms with E-state index in [-0.39, 0.29) is 0 Å². The summed E-state index contributed by atoms with van der Waals surface area (Å²) in [5.41, 5.74) is 4.41. The van der Waals surface area contributed by atoms with Gasteiger partial charge in [0.25, 0.3) is 0 Å². The highest BCUT2D eigenvalue weighted by atomic mass is 14.7. The van der Waals surface area contributed by atoms with Gasteiger partial charge in [-0.1, -0.05) is 41.5 Å². The van der Waals surface area contributed by atoms with Crippen molar-refractivity contribution in [3.05, 3.63) is 29.1 Å². The van der Waals surface area contributed by atoms with Gasteiger partial charge in [0.05, 0.1) is 0 Å². The molecule has 1 heteroatoms. The van der Waals surface area contributed by atoms with E-state index < -0.39 is 0 Å². The fraction of sp³-hybridized carbons (Fsp3) is 0.688. The second-order valence-electron chi connectivity index (χ2n) is 7.60. The summed E-state index contributed by atoms with van der Waals surface area (Å²) >= 11 is 0. The molecule has 1 nitrogen and oxygen atoms in total. The molecule has 0 radical (unpaired) electrons. The van der Waals surface area contributed by atoms with Gasteiger partial charge in [-0.05, 0) is 48.3 Å². The lowest BCUT2D eigenvalue weighted by molar-refractivity contribution is 0.395. The van der Waals surface area contributed by atoms with Crippen LogP contribution in [0.25, 0.3) is 0 Å². The normalized spacial score (nSPS) is 12.9. The summed E-state index contributed by atoms with van der Waals surface area (Å²) in [6, 6.07) is 4.44. The molecule has 0 spiro atoms. The summed E-state index contributed by atoms with van der Waals surface area (Å²) in [6.45, 7) is 15.8. The third-order valence-electron chi connectivity index (χ3n) is 2.50. The molecule has 17 heavy (non-hydrogen) atoms. The highest BCUT2D eigenvalue weighted by Gasteiger charge is 2.16. The Balaban J connectivity index is 2.95.